The van der Waals surface area contributed by atoms with E-state index in [9.17, 15) is 9.90 Å². The summed E-state index contributed by atoms with van der Waals surface area (Å²) in [5.74, 6) is 1.49. The van der Waals surface area contributed by atoms with Crippen molar-refractivity contribution in [3.63, 3.8) is 0 Å². The van der Waals surface area contributed by atoms with Crippen LogP contribution in [-0.2, 0) is 0 Å². The molecule has 0 aromatic rings. The quantitative estimate of drug-likeness (QED) is 0.353. The molecule has 0 atom stereocenters. The second-order valence-corrected chi connectivity index (χ2v) is 4.15. The Morgan fingerprint density at radius 1 is 1.44 bits per heavy atom. The summed E-state index contributed by atoms with van der Waals surface area (Å²) >= 11 is 0. The maximum absolute atomic E-state index is 10.1. The van der Waals surface area contributed by atoms with Crippen LogP contribution in [0.2, 0.25) is 0 Å². The molecule has 0 rings (SSSR count). The molecule has 0 spiro atoms. The molecule has 0 N–H and O–H groups in total. The van der Waals surface area contributed by atoms with Crippen molar-refractivity contribution in [2.24, 2.45) is 0 Å². The zero-order chi connectivity index (χ0) is 6.57. The Morgan fingerprint density at radius 2 is 1.78 bits per heavy atom. The maximum Gasteiger partial charge on any atom is 1.00 e. The van der Waals surface area contributed by atoms with E-state index in [2.05, 4.69) is 0 Å². The summed E-state index contributed by atoms with van der Waals surface area (Å²) in [4.78, 5) is 10.1. The first-order valence-corrected chi connectivity index (χ1v) is 4.39. The Hall–Kier alpha value is 0.820. The van der Waals surface area contributed by atoms with Gasteiger partial charge in [0.25, 0.3) is 0 Å². The van der Waals surface area contributed by atoms with Crippen LogP contribution in [0.1, 0.15) is 13.8 Å². The summed E-state index contributed by atoms with van der Waals surface area (Å²) in [6.45, 7) is 3.76. The minimum atomic E-state index is -0.856. The first kappa shape index (κ1) is 12.5. The number of carbonyl (C=O) groups is 1. The van der Waals surface area contributed by atoms with Crippen LogP contribution in [0.15, 0.2) is 0 Å². The van der Waals surface area contributed by atoms with Gasteiger partial charge < -0.3 is 9.90 Å². The van der Waals surface area contributed by atoms with Crippen molar-refractivity contribution in [3.05, 3.63) is 0 Å². The van der Waals surface area contributed by atoms with Gasteiger partial charge in [-0.05, 0) is 11.5 Å². The zero-order valence-electron chi connectivity index (χ0n) is 6.18. The molecule has 0 radical (unpaired) electrons. The van der Waals surface area contributed by atoms with Crippen molar-refractivity contribution in [2.75, 3.05) is 11.5 Å². The third-order valence-electron chi connectivity index (χ3n) is 1.02. The van der Waals surface area contributed by atoms with Gasteiger partial charge >= 0.3 is 29.6 Å². The van der Waals surface area contributed by atoms with Crippen molar-refractivity contribution in [1.29, 1.82) is 0 Å². The molecule has 0 aromatic heterocycles. The largest absolute Gasteiger partial charge is 1.00 e. The Morgan fingerprint density at radius 3 is 1.78 bits per heavy atom. The van der Waals surface area contributed by atoms with Gasteiger partial charge in [0.15, 0.2) is 0 Å². The topological polar surface area (TPSA) is 40.1 Å². The first-order valence-electron chi connectivity index (χ1n) is 2.68. The number of carbonyl (C=O) groups excluding carboxylic acids is 1. The standard InChI is InChI=1S/C5H12O2S.Na/c1-3-8(4-2)5(6)7;/h8H,3-4H2,1-2H3,(H,6,7);/q;+1/p-1. The van der Waals surface area contributed by atoms with Crippen LogP contribution in [0.3, 0.4) is 0 Å². The third-order valence-corrected chi connectivity index (χ3v) is 3.06. The molecule has 0 aliphatic rings. The predicted molar refractivity (Wildman–Crippen MR) is 35.5 cm³/mol. The molecule has 0 saturated heterocycles. The SMILES string of the molecule is CC[SH](CC)C(=O)[O-].[Na+]. The van der Waals surface area contributed by atoms with Gasteiger partial charge in [-0.2, -0.15) is 0 Å². The zero-order valence-corrected chi connectivity index (χ0v) is 9.07. The second kappa shape index (κ2) is 6.93. The Bertz CT molecular complexity index is 83.0. The van der Waals surface area contributed by atoms with Crippen molar-refractivity contribution in [1.82, 2.24) is 0 Å². The molecule has 0 aliphatic heterocycles. The predicted octanol–water partition coefficient (Wildman–Crippen LogP) is -2.63. The van der Waals surface area contributed by atoms with Crippen LogP contribution in [0.25, 0.3) is 0 Å². The van der Waals surface area contributed by atoms with E-state index in [0.29, 0.717) is 0 Å². The Kier molecular flexibility index (Phi) is 9.62. The third kappa shape index (κ3) is 5.27. The summed E-state index contributed by atoms with van der Waals surface area (Å²) in [6.07, 6.45) is 0. The van der Waals surface area contributed by atoms with E-state index in [1.54, 1.807) is 0 Å². The van der Waals surface area contributed by atoms with Crippen LogP contribution < -0.4 is 34.7 Å². The van der Waals surface area contributed by atoms with Gasteiger partial charge in [0.2, 0.25) is 0 Å². The molecule has 50 valence electrons. The van der Waals surface area contributed by atoms with E-state index >= 15 is 0 Å². The van der Waals surface area contributed by atoms with Gasteiger partial charge in [-0.15, -0.1) is 0 Å². The molecule has 0 bridgehead atoms. The first-order chi connectivity index (χ1) is 3.72. The molecule has 0 unspecified atom stereocenters. The fourth-order valence-electron chi connectivity index (χ4n) is 0.482. The molecule has 0 fully saturated rings. The normalized spacial score (nSPS) is 9.78. The molecule has 0 heterocycles. The van der Waals surface area contributed by atoms with Crippen LogP contribution in [0.4, 0.5) is 4.79 Å². The second-order valence-electron chi connectivity index (χ2n) is 1.44. The van der Waals surface area contributed by atoms with Gasteiger partial charge in [0, 0.05) is 0 Å². The summed E-state index contributed by atoms with van der Waals surface area (Å²) in [7, 11) is -0.810. The number of rotatable bonds is 2. The van der Waals surface area contributed by atoms with Crippen LogP contribution in [-0.4, -0.2) is 16.8 Å². The van der Waals surface area contributed by atoms with Crippen LogP contribution >= 0.6 is 10.9 Å². The number of thiol groups is 1. The molecule has 0 aromatic carbocycles. The van der Waals surface area contributed by atoms with E-state index < -0.39 is 16.2 Å². The fraction of sp³-hybridized carbons (Fsp3) is 0.800. The van der Waals surface area contributed by atoms with Gasteiger partial charge in [0.05, 0.1) is 5.30 Å². The molecule has 0 saturated carbocycles. The van der Waals surface area contributed by atoms with Crippen LogP contribution in [0, 0.1) is 0 Å². The molecular formula is C5H11NaO2S. The van der Waals surface area contributed by atoms with E-state index in [1.165, 1.54) is 0 Å². The van der Waals surface area contributed by atoms with Gasteiger partial charge in [-0.1, -0.05) is 13.8 Å². The molecule has 9 heavy (non-hydrogen) atoms. The number of hydrogen-bond acceptors (Lipinski definition) is 2. The number of carboxylic acid groups (broad SMARTS) is 1. The molecule has 4 heteroatoms. The maximum atomic E-state index is 10.1. The van der Waals surface area contributed by atoms with E-state index in [4.69, 9.17) is 0 Å². The minimum absolute atomic E-state index is 0. The monoisotopic (exact) mass is 158 g/mol. The Labute approximate surface area is 80.7 Å². The molecule has 0 amide bonds. The van der Waals surface area contributed by atoms with Crippen molar-refractivity contribution < 1.29 is 39.5 Å². The van der Waals surface area contributed by atoms with Gasteiger partial charge in [-0.3, -0.25) is 0 Å². The van der Waals surface area contributed by atoms with E-state index in [0.717, 1.165) is 11.5 Å². The minimum Gasteiger partial charge on any atom is -0.540 e. The van der Waals surface area contributed by atoms with Crippen molar-refractivity contribution >= 4 is 16.2 Å². The van der Waals surface area contributed by atoms with E-state index in [1.807, 2.05) is 13.8 Å². The summed E-state index contributed by atoms with van der Waals surface area (Å²) in [6, 6.07) is 0. The summed E-state index contributed by atoms with van der Waals surface area (Å²) < 4.78 is 0. The van der Waals surface area contributed by atoms with Gasteiger partial charge in [0.1, 0.15) is 0 Å². The summed E-state index contributed by atoms with van der Waals surface area (Å²) in [5.41, 5.74) is 0. The van der Waals surface area contributed by atoms with Crippen molar-refractivity contribution in [2.45, 2.75) is 13.8 Å². The summed E-state index contributed by atoms with van der Waals surface area (Å²) in [5, 5.41) is 9.22. The molecular weight excluding hydrogens is 147 g/mol. The average Bonchev–Trinajstić information content (AvgIpc) is 1.69. The average molecular weight is 158 g/mol. The van der Waals surface area contributed by atoms with E-state index in [-0.39, 0.29) is 29.6 Å². The molecule has 0 aliphatic carbocycles. The van der Waals surface area contributed by atoms with Crippen LogP contribution in [0.5, 0.6) is 0 Å². The van der Waals surface area contributed by atoms with Gasteiger partial charge in [-0.25, -0.2) is 10.9 Å². The van der Waals surface area contributed by atoms with Crippen molar-refractivity contribution in [3.8, 4) is 0 Å². The fourth-order valence-corrected chi connectivity index (χ4v) is 1.45. The Balaban J connectivity index is 0. The molecule has 2 nitrogen and oxygen atoms in total. The number of hydrogen-bond donors (Lipinski definition) is 1. The smallest absolute Gasteiger partial charge is 0.540 e.